The first-order chi connectivity index (χ1) is 15.9. The van der Waals surface area contributed by atoms with E-state index in [4.69, 9.17) is 9.84 Å². The van der Waals surface area contributed by atoms with E-state index in [0.717, 1.165) is 6.42 Å². The molecule has 0 spiro atoms. The smallest absolute Gasteiger partial charge is 0.303 e. The Hall–Kier alpha value is -3.55. The van der Waals surface area contributed by atoms with Crippen molar-refractivity contribution in [1.82, 2.24) is 9.97 Å². The zero-order chi connectivity index (χ0) is 23.4. The monoisotopic (exact) mass is 453 g/mol. The van der Waals surface area contributed by atoms with E-state index < -0.39 is 17.6 Å². The van der Waals surface area contributed by atoms with E-state index in [2.05, 4.69) is 16.9 Å². The molecule has 0 radical (unpaired) electrons. The van der Waals surface area contributed by atoms with Crippen LogP contribution in [0.1, 0.15) is 31.7 Å². The van der Waals surface area contributed by atoms with Crippen molar-refractivity contribution in [2.75, 3.05) is 18.0 Å². The Labute approximate surface area is 190 Å². The minimum absolute atomic E-state index is 0.0264. The number of hydrogen-bond acceptors (Lipinski definition) is 5. The van der Waals surface area contributed by atoms with Crippen molar-refractivity contribution in [2.45, 2.75) is 32.6 Å². The predicted octanol–water partition coefficient (Wildman–Crippen LogP) is 5.47. The van der Waals surface area contributed by atoms with E-state index in [0.29, 0.717) is 31.7 Å². The molecule has 4 rings (SSSR count). The number of aliphatic carboxylic acids is 1. The van der Waals surface area contributed by atoms with Crippen LogP contribution in [0.25, 0.3) is 11.4 Å². The van der Waals surface area contributed by atoms with Gasteiger partial charge in [0.2, 0.25) is 5.88 Å². The second kappa shape index (κ2) is 9.94. The number of hydrogen-bond donors (Lipinski definition) is 1. The summed E-state index contributed by atoms with van der Waals surface area (Å²) in [5.74, 6) is -1.19. The van der Waals surface area contributed by atoms with Crippen molar-refractivity contribution >= 4 is 11.7 Å². The van der Waals surface area contributed by atoms with Gasteiger partial charge in [-0.3, -0.25) is 4.79 Å². The number of rotatable bonds is 7. The van der Waals surface area contributed by atoms with Gasteiger partial charge in [-0.2, -0.15) is 4.98 Å². The van der Waals surface area contributed by atoms with E-state index in [-0.39, 0.29) is 35.3 Å². The highest BCUT2D eigenvalue weighted by Crippen LogP contribution is 2.32. The van der Waals surface area contributed by atoms with Gasteiger partial charge in [0.1, 0.15) is 23.1 Å². The first-order valence-electron chi connectivity index (χ1n) is 11.0. The van der Waals surface area contributed by atoms with Gasteiger partial charge in [-0.1, -0.05) is 19.1 Å². The van der Waals surface area contributed by atoms with Crippen LogP contribution >= 0.6 is 0 Å². The molecular formula is C25H25F2N3O3. The van der Waals surface area contributed by atoms with Crippen LogP contribution in [0.3, 0.4) is 0 Å². The summed E-state index contributed by atoms with van der Waals surface area (Å²) in [5, 5.41) is 8.94. The maximum atomic E-state index is 14.9. The topological polar surface area (TPSA) is 75.5 Å². The number of aromatic nitrogens is 2. The highest BCUT2D eigenvalue weighted by molar-refractivity contribution is 5.67. The Morgan fingerprint density at radius 2 is 1.79 bits per heavy atom. The molecule has 0 atom stereocenters. The van der Waals surface area contributed by atoms with Crippen molar-refractivity contribution in [3.63, 3.8) is 0 Å². The fraction of sp³-hybridized carbons (Fsp3) is 0.320. The van der Waals surface area contributed by atoms with Gasteiger partial charge < -0.3 is 14.7 Å². The number of carboxylic acid groups (broad SMARTS) is 1. The van der Waals surface area contributed by atoms with Crippen LogP contribution in [-0.2, 0) is 11.2 Å². The lowest BCUT2D eigenvalue weighted by Gasteiger charge is -2.33. The number of carbonyl (C=O) groups is 1. The molecule has 2 aromatic carbocycles. The van der Waals surface area contributed by atoms with Gasteiger partial charge in [0.05, 0.1) is 0 Å². The molecule has 0 amide bonds. The number of piperidine rings is 1. The summed E-state index contributed by atoms with van der Waals surface area (Å²) in [4.78, 5) is 21.0. The normalized spacial score (nSPS) is 14.3. The van der Waals surface area contributed by atoms with Gasteiger partial charge in [0, 0.05) is 37.3 Å². The van der Waals surface area contributed by atoms with Crippen LogP contribution in [-0.4, -0.2) is 34.1 Å². The van der Waals surface area contributed by atoms with Crippen LogP contribution in [0.2, 0.25) is 0 Å². The molecule has 1 aromatic heterocycles. The molecular weight excluding hydrogens is 428 g/mol. The van der Waals surface area contributed by atoms with Gasteiger partial charge in [-0.05, 0) is 55.0 Å². The van der Waals surface area contributed by atoms with Crippen molar-refractivity contribution in [3.8, 4) is 23.0 Å². The molecule has 1 aliphatic heterocycles. The lowest BCUT2D eigenvalue weighted by atomic mass is 9.93. The minimum Gasteiger partial charge on any atom is -0.481 e. The summed E-state index contributed by atoms with van der Waals surface area (Å²) >= 11 is 0. The maximum Gasteiger partial charge on any atom is 0.303 e. The number of benzene rings is 2. The summed E-state index contributed by atoms with van der Waals surface area (Å²) in [6.45, 7) is 2.88. The van der Waals surface area contributed by atoms with E-state index >= 15 is 0 Å². The van der Waals surface area contributed by atoms with Gasteiger partial charge in [-0.15, -0.1) is 0 Å². The molecule has 2 heterocycles. The van der Waals surface area contributed by atoms with Crippen LogP contribution < -0.4 is 9.64 Å². The molecule has 0 saturated carbocycles. The van der Waals surface area contributed by atoms with Gasteiger partial charge in [0.15, 0.2) is 5.82 Å². The number of anilines is 1. The molecule has 8 heteroatoms. The summed E-state index contributed by atoms with van der Waals surface area (Å²) in [6, 6.07) is 11.6. The van der Waals surface area contributed by atoms with Crippen molar-refractivity contribution < 1.29 is 23.4 Å². The number of halogens is 2. The number of ether oxygens (including phenoxy) is 1. The molecule has 0 aliphatic carbocycles. The highest BCUT2D eigenvalue weighted by atomic mass is 19.1. The molecule has 1 aliphatic rings. The Bertz CT molecular complexity index is 1110. The zero-order valence-electron chi connectivity index (χ0n) is 18.3. The number of aryl methyl sites for hydroxylation is 1. The summed E-state index contributed by atoms with van der Waals surface area (Å²) < 4.78 is 35.7. The molecule has 6 nitrogen and oxygen atoms in total. The van der Waals surface area contributed by atoms with Gasteiger partial charge in [-0.25, -0.2) is 13.8 Å². The average molecular weight is 453 g/mol. The predicted molar refractivity (Wildman–Crippen MR) is 120 cm³/mol. The van der Waals surface area contributed by atoms with Gasteiger partial charge >= 0.3 is 5.97 Å². The number of carboxylic acids is 1. The second-order valence-corrected chi connectivity index (χ2v) is 8.13. The summed E-state index contributed by atoms with van der Waals surface area (Å²) in [7, 11) is 0. The van der Waals surface area contributed by atoms with Crippen LogP contribution in [0, 0.1) is 17.6 Å². The van der Waals surface area contributed by atoms with E-state index in [1.165, 1.54) is 23.9 Å². The third kappa shape index (κ3) is 5.45. The summed E-state index contributed by atoms with van der Waals surface area (Å²) in [5.41, 5.74) is 1.29. The molecule has 33 heavy (non-hydrogen) atoms. The van der Waals surface area contributed by atoms with Crippen molar-refractivity contribution in [2.24, 2.45) is 5.92 Å². The average Bonchev–Trinajstić information content (AvgIpc) is 2.80. The lowest BCUT2D eigenvalue weighted by Crippen LogP contribution is -2.35. The van der Waals surface area contributed by atoms with E-state index in [1.54, 1.807) is 11.0 Å². The number of nitrogens with zero attached hydrogens (tertiary/aromatic N) is 3. The molecule has 3 aromatic rings. The minimum atomic E-state index is -0.848. The van der Waals surface area contributed by atoms with Crippen LogP contribution in [0.4, 0.5) is 14.5 Å². The molecule has 172 valence electrons. The largest absolute Gasteiger partial charge is 0.481 e. The molecule has 1 N–H and O–H groups in total. The second-order valence-electron chi connectivity index (χ2n) is 8.13. The molecule has 1 fully saturated rings. The van der Waals surface area contributed by atoms with Crippen molar-refractivity contribution in [3.05, 3.63) is 65.9 Å². The first kappa shape index (κ1) is 22.6. The SMILES string of the molecule is CCc1ccc(Oc2ccnc(-c3cc(F)c(N4CCC(CC(=O)O)CC4)c(F)c3)n2)cc1. The Kier molecular flexibility index (Phi) is 6.82. The van der Waals surface area contributed by atoms with Crippen molar-refractivity contribution in [1.29, 1.82) is 0 Å². The van der Waals surface area contributed by atoms with E-state index in [9.17, 15) is 13.6 Å². The van der Waals surface area contributed by atoms with Crippen LogP contribution in [0.15, 0.2) is 48.7 Å². The standard InChI is InChI=1S/C25H25F2N3O3/c1-2-16-3-5-19(6-4-16)33-22-7-10-28-25(29-22)18-14-20(26)24(21(27)15-18)30-11-8-17(9-12-30)13-23(31)32/h3-7,10,14-15,17H,2,8-9,11-13H2,1H3,(H,31,32). The highest BCUT2D eigenvalue weighted by Gasteiger charge is 2.26. The zero-order valence-corrected chi connectivity index (χ0v) is 18.3. The maximum absolute atomic E-state index is 14.9. The Balaban J connectivity index is 1.51. The van der Waals surface area contributed by atoms with Gasteiger partial charge in [0.25, 0.3) is 0 Å². The van der Waals surface area contributed by atoms with Crippen LogP contribution in [0.5, 0.6) is 11.6 Å². The third-order valence-electron chi connectivity index (χ3n) is 5.85. The molecule has 0 bridgehead atoms. The third-order valence-corrected chi connectivity index (χ3v) is 5.85. The van der Waals surface area contributed by atoms with E-state index in [1.807, 2.05) is 24.3 Å². The molecule has 0 unspecified atom stereocenters. The summed E-state index contributed by atoms with van der Waals surface area (Å²) in [6.07, 6.45) is 3.64. The molecule has 1 saturated heterocycles. The first-order valence-corrected chi connectivity index (χ1v) is 11.0. The Morgan fingerprint density at radius 3 is 2.39 bits per heavy atom. The quantitative estimate of drug-likeness (QED) is 0.512. The lowest BCUT2D eigenvalue weighted by molar-refractivity contribution is -0.138. The fourth-order valence-corrected chi connectivity index (χ4v) is 4.06. The Morgan fingerprint density at radius 1 is 1.12 bits per heavy atom. The fourth-order valence-electron chi connectivity index (χ4n) is 4.06.